The molecule has 120 valence electrons. The van der Waals surface area contributed by atoms with Gasteiger partial charge in [0.25, 0.3) is 0 Å². The van der Waals surface area contributed by atoms with E-state index in [9.17, 15) is 0 Å². The molecule has 24 heavy (non-hydrogen) atoms. The summed E-state index contributed by atoms with van der Waals surface area (Å²) in [5.74, 6) is 0. The number of fused-ring (bicyclic) bond motifs is 2. The summed E-state index contributed by atoms with van der Waals surface area (Å²) in [5.41, 5.74) is 2.70. The van der Waals surface area contributed by atoms with Crippen molar-refractivity contribution in [3.8, 4) is 0 Å². The molecule has 4 rings (SSSR count). The predicted octanol–water partition coefficient (Wildman–Crippen LogP) is -0.641. The fraction of sp³-hybridized carbons (Fsp3) is 0.100. The third-order valence-electron chi connectivity index (χ3n) is 3.52. The summed E-state index contributed by atoms with van der Waals surface area (Å²) in [6.07, 6.45) is 0. The first-order valence-corrected chi connectivity index (χ1v) is 6.96. The summed E-state index contributed by atoms with van der Waals surface area (Å²) in [6, 6.07) is 25.7. The molecule has 4 aromatic rings. The number of aryl methyl sites for hydroxylation is 2. The van der Waals surface area contributed by atoms with Gasteiger partial charge in [0.15, 0.2) is 0 Å². The molecule has 0 aliphatic rings. The van der Waals surface area contributed by atoms with Gasteiger partial charge < -0.3 is 24.8 Å². The Morgan fingerprint density at radius 2 is 0.958 bits per heavy atom. The van der Waals surface area contributed by atoms with Crippen LogP contribution in [0.4, 0.5) is 0 Å². The molecule has 0 saturated heterocycles. The molecule has 4 aromatic carbocycles. The topological polar surface area (TPSA) is 0 Å². The first kappa shape index (κ1) is 25.6. The summed E-state index contributed by atoms with van der Waals surface area (Å²) in [5, 5.41) is 5.39. The van der Waals surface area contributed by atoms with Gasteiger partial charge in [-0.05, 0) is 0 Å². The first-order valence-electron chi connectivity index (χ1n) is 6.96. The van der Waals surface area contributed by atoms with E-state index in [1.54, 1.807) is 0 Å². The van der Waals surface area contributed by atoms with E-state index in [1.165, 1.54) is 32.7 Å². The van der Waals surface area contributed by atoms with Crippen molar-refractivity contribution >= 4 is 32.5 Å². The van der Waals surface area contributed by atoms with Crippen LogP contribution in [-0.2, 0) is 25.8 Å². The molecule has 4 heteroatoms. The van der Waals surface area contributed by atoms with Crippen molar-refractivity contribution in [2.24, 2.45) is 0 Å². The molecular formula is C20H18Cl2HfSi. The van der Waals surface area contributed by atoms with Gasteiger partial charge in [-0.15, -0.1) is 81.2 Å². The van der Waals surface area contributed by atoms with Gasteiger partial charge in [0.1, 0.15) is 0 Å². The van der Waals surface area contributed by atoms with Crippen LogP contribution in [0.15, 0.2) is 72.8 Å². The summed E-state index contributed by atoms with van der Waals surface area (Å²) < 4.78 is 0. The molecule has 0 heterocycles. The van der Waals surface area contributed by atoms with Crippen LogP contribution in [0.5, 0.6) is 0 Å². The van der Waals surface area contributed by atoms with Crippen LogP contribution < -0.4 is 24.8 Å². The van der Waals surface area contributed by atoms with Crippen molar-refractivity contribution in [1.29, 1.82) is 0 Å². The molecule has 0 aromatic heterocycles. The number of halogens is 2. The van der Waals surface area contributed by atoms with Crippen LogP contribution in [0.2, 0.25) is 0 Å². The minimum absolute atomic E-state index is 0. The van der Waals surface area contributed by atoms with Crippen LogP contribution in [-0.4, -0.2) is 11.0 Å². The Bertz CT molecular complexity index is 711. The Morgan fingerprint density at radius 1 is 0.625 bits per heavy atom. The molecular weight excluding hydrogens is 518 g/mol. The van der Waals surface area contributed by atoms with Crippen LogP contribution >= 0.6 is 0 Å². The van der Waals surface area contributed by atoms with Crippen LogP contribution in [0, 0.1) is 13.8 Å². The second-order valence-electron chi connectivity index (χ2n) is 5.32. The van der Waals surface area contributed by atoms with E-state index in [-0.39, 0.29) is 61.6 Å². The molecule has 0 fully saturated rings. The Hall–Kier alpha value is -0.673. The van der Waals surface area contributed by atoms with E-state index in [0.29, 0.717) is 0 Å². The quantitative estimate of drug-likeness (QED) is 0.208. The van der Waals surface area contributed by atoms with Crippen molar-refractivity contribution in [2.75, 3.05) is 0 Å². The zero-order chi connectivity index (χ0) is 13.9. The van der Waals surface area contributed by atoms with Gasteiger partial charge in [-0.3, -0.25) is 0 Å². The van der Waals surface area contributed by atoms with Crippen molar-refractivity contribution < 1.29 is 50.7 Å². The molecule has 0 spiro atoms. The summed E-state index contributed by atoms with van der Waals surface area (Å²) in [4.78, 5) is 0. The predicted molar refractivity (Wildman–Crippen MR) is 94.3 cm³/mol. The van der Waals surface area contributed by atoms with Gasteiger partial charge in [-0.25, -0.2) is 0 Å². The summed E-state index contributed by atoms with van der Waals surface area (Å²) >= 11 is 0. The maximum absolute atomic E-state index is 2.20. The van der Waals surface area contributed by atoms with Crippen LogP contribution in [0.1, 0.15) is 11.1 Å². The molecule has 0 amide bonds. The normalized spacial score (nSPS) is 8.75. The minimum Gasteiger partial charge on any atom is -1.00 e. The molecule has 4 radical (unpaired) electrons. The number of hydrogen-bond donors (Lipinski definition) is 0. The van der Waals surface area contributed by atoms with E-state index in [0.717, 1.165) is 0 Å². The van der Waals surface area contributed by atoms with E-state index >= 15 is 0 Å². The van der Waals surface area contributed by atoms with E-state index in [2.05, 4.69) is 86.6 Å². The molecule has 0 bridgehead atoms. The van der Waals surface area contributed by atoms with Crippen LogP contribution in [0.3, 0.4) is 0 Å². The molecule has 0 aliphatic heterocycles. The maximum Gasteiger partial charge on any atom is 4.00 e. The van der Waals surface area contributed by atoms with Gasteiger partial charge in [0.2, 0.25) is 0 Å². The van der Waals surface area contributed by atoms with Gasteiger partial charge in [-0.2, -0.15) is 12.1 Å². The van der Waals surface area contributed by atoms with Gasteiger partial charge in [0, 0.05) is 11.0 Å². The third kappa shape index (κ3) is 6.32. The average molecular weight is 536 g/mol. The number of hydrogen-bond acceptors (Lipinski definition) is 0. The molecule has 0 unspecified atom stereocenters. The molecule has 0 aliphatic carbocycles. The Morgan fingerprint density at radius 3 is 1.29 bits per heavy atom. The zero-order valence-corrected chi connectivity index (χ0v) is 19.8. The van der Waals surface area contributed by atoms with Gasteiger partial charge in [0.05, 0.1) is 0 Å². The zero-order valence-electron chi connectivity index (χ0n) is 13.7. The average Bonchev–Trinajstić information content (AvgIpc) is 2.99. The molecule has 0 N–H and O–H groups in total. The van der Waals surface area contributed by atoms with Gasteiger partial charge >= 0.3 is 25.8 Å². The molecule has 0 nitrogen and oxygen atoms in total. The third-order valence-corrected chi connectivity index (χ3v) is 3.52. The fourth-order valence-corrected chi connectivity index (χ4v) is 2.61. The second kappa shape index (κ2) is 11.8. The second-order valence-corrected chi connectivity index (χ2v) is 5.32. The summed E-state index contributed by atoms with van der Waals surface area (Å²) in [7, 11) is 0. The van der Waals surface area contributed by atoms with Crippen LogP contribution in [0.25, 0.3) is 21.5 Å². The number of rotatable bonds is 0. The minimum atomic E-state index is 0. The molecule has 0 atom stereocenters. The largest absolute Gasteiger partial charge is 4.00 e. The monoisotopic (exact) mass is 536 g/mol. The van der Waals surface area contributed by atoms with E-state index in [1.807, 2.05) is 0 Å². The Balaban J connectivity index is 0. The van der Waals surface area contributed by atoms with Crippen molar-refractivity contribution in [3.05, 3.63) is 83.9 Å². The van der Waals surface area contributed by atoms with Gasteiger partial charge in [-0.1, -0.05) is 26.0 Å². The smallest absolute Gasteiger partial charge is 1.00 e. The van der Waals surface area contributed by atoms with E-state index in [4.69, 9.17) is 0 Å². The summed E-state index contributed by atoms with van der Waals surface area (Å²) in [6.45, 7) is 4.25. The Kier molecular flexibility index (Phi) is 12.6. The van der Waals surface area contributed by atoms with Crippen molar-refractivity contribution in [1.82, 2.24) is 0 Å². The molecule has 0 saturated carbocycles. The maximum atomic E-state index is 2.20. The van der Waals surface area contributed by atoms with Crippen molar-refractivity contribution in [2.45, 2.75) is 13.8 Å². The number of benzene rings is 2. The Labute approximate surface area is 180 Å². The van der Waals surface area contributed by atoms with Crippen molar-refractivity contribution in [3.63, 3.8) is 0 Å². The van der Waals surface area contributed by atoms with E-state index < -0.39 is 0 Å². The first-order chi connectivity index (χ1) is 9.72. The standard InChI is InChI=1S/2C10H9.2ClH.Hf.Si/c2*1-8-6-9-4-2-3-5-10(9)7-8;;;;/h2*2-7H,1H3;2*1H;;/q2*-1;;;+4;/p-2. The SMILES string of the molecule is Cc1cc2ccccc2[cH-]1.Cc1cc2ccccc2[cH-]1.[Cl-].[Cl-].[Hf+4].[Si]. The fourth-order valence-electron chi connectivity index (χ4n) is 2.61.